The topological polar surface area (TPSA) is 68.6 Å². The number of carbonyl (C=O) groups is 1. The molecule has 1 aromatic heterocycles. The van der Waals surface area contributed by atoms with E-state index in [9.17, 15) is 9.18 Å². The number of carbonyl (C=O) groups excluding carboxylic acids is 1. The number of aromatic nitrogens is 4. The van der Waals surface area contributed by atoms with E-state index in [1.54, 1.807) is 6.92 Å². The summed E-state index contributed by atoms with van der Waals surface area (Å²) in [5.41, 5.74) is 0.463. The first-order chi connectivity index (χ1) is 7.70. The van der Waals surface area contributed by atoms with Crippen LogP contribution < -0.4 is 0 Å². The first-order valence-electron chi connectivity index (χ1n) is 4.50. The second-order valence-electron chi connectivity index (χ2n) is 3.13. The quantitative estimate of drug-likeness (QED) is 0.708. The molecule has 6 heteroatoms. The molecule has 0 saturated heterocycles. The molecule has 5 nitrogen and oxygen atoms in total. The van der Waals surface area contributed by atoms with Gasteiger partial charge in [-0.05, 0) is 25.1 Å². The fourth-order valence-corrected chi connectivity index (χ4v) is 1.17. The monoisotopic (exact) mass is 218 g/mol. The summed E-state index contributed by atoms with van der Waals surface area (Å²) in [7, 11) is 0. The third kappa shape index (κ3) is 1.90. The van der Waals surface area contributed by atoms with Crippen LogP contribution in [0.15, 0.2) is 18.2 Å². The van der Waals surface area contributed by atoms with Crippen molar-refractivity contribution in [1.82, 2.24) is 20.4 Å². The van der Waals surface area contributed by atoms with Crippen molar-refractivity contribution < 1.29 is 9.18 Å². The Hall–Kier alpha value is -2.24. The number of halogens is 1. The highest BCUT2D eigenvalue weighted by molar-refractivity contribution is 5.77. The summed E-state index contributed by atoms with van der Waals surface area (Å²) in [6.07, 6.45) is 0.623. The van der Waals surface area contributed by atoms with Crippen molar-refractivity contribution in [2.24, 2.45) is 0 Å². The maximum Gasteiger partial charge on any atom is 0.206 e. The van der Waals surface area contributed by atoms with Crippen LogP contribution in [-0.4, -0.2) is 26.7 Å². The van der Waals surface area contributed by atoms with Gasteiger partial charge in [-0.25, -0.2) is 4.39 Å². The lowest BCUT2D eigenvalue weighted by molar-refractivity contribution is 0.112. The second kappa shape index (κ2) is 4.09. The second-order valence-corrected chi connectivity index (χ2v) is 3.13. The molecule has 0 aliphatic heterocycles. The molecule has 0 bridgehead atoms. The van der Waals surface area contributed by atoms with Crippen molar-refractivity contribution in [3.8, 4) is 11.4 Å². The number of nitrogens with zero attached hydrogens (tertiary/aromatic N) is 4. The SMILES string of the molecule is Cc1nnc(-c2cc(C=O)ccc2F)nn1. The van der Waals surface area contributed by atoms with Gasteiger partial charge in [0, 0.05) is 5.56 Å². The number of hydrogen-bond donors (Lipinski definition) is 0. The fourth-order valence-electron chi connectivity index (χ4n) is 1.17. The van der Waals surface area contributed by atoms with Crippen LogP contribution in [0.4, 0.5) is 4.39 Å². The molecule has 0 aliphatic rings. The lowest BCUT2D eigenvalue weighted by Crippen LogP contribution is -2.00. The maximum atomic E-state index is 13.4. The molecule has 0 aliphatic carbocycles. The van der Waals surface area contributed by atoms with Gasteiger partial charge in [0.05, 0.1) is 5.56 Å². The highest BCUT2D eigenvalue weighted by Gasteiger charge is 2.10. The average Bonchev–Trinajstić information content (AvgIpc) is 2.31. The first-order valence-corrected chi connectivity index (χ1v) is 4.50. The van der Waals surface area contributed by atoms with Gasteiger partial charge in [-0.3, -0.25) is 4.79 Å². The van der Waals surface area contributed by atoms with Gasteiger partial charge < -0.3 is 0 Å². The van der Waals surface area contributed by atoms with E-state index in [0.29, 0.717) is 17.7 Å². The van der Waals surface area contributed by atoms with Crippen LogP contribution in [0.2, 0.25) is 0 Å². The van der Waals surface area contributed by atoms with Crippen LogP contribution in [0.5, 0.6) is 0 Å². The molecule has 2 rings (SSSR count). The van der Waals surface area contributed by atoms with E-state index in [0.717, 1.165) is 0 Å². The van der Waals surface area contributed by atoms with E-state index in [1.165, 1.54) is 18.2 Å². The Morgan fingerprint density at radius 3 is 2.50 bits per heavy atom. The molecule has 0 saturated carbocycles. The minimum Gasteiger partial charge on any atom is -0.298 e. The molecule has 0 fully saturated rings. The van der Waals surface area contributed by atoms with Crippen molar-refractivity contribution in [2.75, 3.05) is 0 Å². The number of hydrogen-bond acceptors (Lipinski definition) is 5. The Morgan fingerprint density at radius 1 is 1.19 bits per heavy atom. The standard InChI is InChI=1S/C10H7FN4O/c1-6-12-14-10(15-13-6)8-4-7(5-16)2-3-9(8)11/h2-5H,1H3. The van der Waals surface area contributed by atoms with Gasteiger partial charge in [0.1, 0.15) is 12.1 Å². The summed E-state index contributed by atoms with van der Waals surface area (Å²) in [5.74, 6) is -0.0550. The smallest absolute Gasteiger partial charge is 0.206 e. The van der Waals surface area contributed by atoms with Crippen LogP contribution in [0.25, 0.3) is 11.4 Å². The zero-order valence-corrected chi connectivity index (χ0v) is 8.38. The third-order valence-corrected chi connectivity index (χ3v) is 1.95. The molecular weight excluding hydrogens is 211 g/mol. The minimum absolute atomic E-state index is 0.0619. The van der Waals surface area contributed by atoms with E-state index >= 15 is 0 Å². The van der Waals surface area contributed by atoms with Crippen molar-refractivity contribution in [1.29, 1.82) is 0 Å². The van der Waals surface area contributed by atoms with Crippen molar-refractivity contribution >= 4 is 6.29 Å². The van der Waals surface area contributed by atoms with E-state index in [2.05, 4.69) is 20.4 Å². The van der Waals surface area contributed by atoms with E-state index in [-0.39, 0.29) is 11.4 Å². The van der Waals surface area contributed by atoms with Gasteiger partial charge in [-0.1, -0.05) is 0 Å². The zero-order chi connectivity index (χ0) is 11.5. The van der Waals surface area contributed by atoms with Crippen LogP contribution in [0, 0.1) is 12.7 Å². The molecule has 0 N–H and O–H groups in total. The molecule has 1 aromatic carbocycles. The average molecular weight is 218 g/mol. The van der Waals surface area contributed by atoms with Crippen LogP contribution >= 0.6 is 0 Å². The number of aldehydes is 1. The van der Waals surface area contributed by atoms with Gasteiger partial charge >= 0.3 is 0 Å². The largest absolute Gasteiger partial charge is 0.298 e. The van der Waals surface area contributed by atoms with Crippen molar-refractivity contribution in [3.63, 3.8) is 0 Å². The highest BCUT2D eigenvalue weighted by atomic mass is 19.1. The van der Waals surface area contributed by atoms with Gasteiger partial charge in [-0.2, -0.15) is 0 Å². The Labute approximate surface area is 90.4 Å². The van der Waals surface area contributed by atoms with Gasteiger partial charge in [-0.15, -0.1) is 20.4 Å². The summed E-state index contributed by atoms with van der Waals surface area (Å²) in [5, 5.41) is 14.8. The summed E-state index contributed by atoms with van der Waals surface area (Å²) in [4.78, 5) is 10.6. The lowest BCUT2D eigenvalue weighted by Gasteiger charge is -2.00. The molecule has 0 atom stereocenters. The van der Waals surface area contributed by atoms with Crippen LogP contribution in [0.3, 0.4) is 0 Å². The first kappa shape index (κ1) is 10.3. The predicted octanol–water partition coefficient (Wildman–Crippen LogP) is 1.19. The molecule has 16 heavy (non-hydrogen) atoms. The van der Waals surface area contributed by atoms with E-state index < -0.39 is 5.82 Å². The van der Waals surface area contributed by atoms with Gasteiger partial charge in [0.15, 0.2) is 5.82 Å². The Balaban J connectivity index is 2.54. The van der Waals surface area contributed by atoms with Crippen molar-refractivity contribution in [2.45, 2.75) is 6.92 Å². The molecular formula is C10H7FN4O. The van der Waals surface area contributed by atoms with Crippen molar-refractivity contribution in [3.05, 3.63) is 35.4 Å². The molecule has 1 heterocycles. The third-order valence-electron chi connectivity index (χ3n) is 1.95. The molecule has 0 spiro atoms. The number of rotatable bonds is 2. The summed E-state index contributed by atoms with van der Waals surface area (Å²) in [6, 6.07) is 3.92. The van der Waals surface area contributed by atoms with Crippen LogP contribution in [-0.2, 0) is 0 Å². The minimum atomic E-state index is -0.516. The van der Waals surface area contributed by atoms with Crippen LogP contribution in [0.1, 0.15) is 16.2 Å². The molecule has 80 valence electrons. The number of benzene rings is 1. The Morgan fingerprint density at radius 2 is 1.88 bits per heavy atom. The molecule has 0 radical (unpaired) electrons. The van der Waals surface area contributed by atoms with E-state index in [1.807, 2.05) is 0 Å². The van der Waals surface area contributed by atoms with E-state index in [4.69, 9.17) is 0 Å². The summed E-state index contributed by atoms with van der Waals surface area (Å²) >= 11 is 0. The molecule has 0 unspecified atom stereocenters. The Bertz CT molecular complexity index is 527. The molecule has 2 aromatic rings. The maximum absolute atomic E-state index is 13.4. The number of aryl methyl sites for hydroxylation is 1. The zero-order valence-electron chi connectivity index (χ0n) is 8.38. The normalized spacial score (nSPS) is 10.1. The fraction of sp³-hybridized carbons (Fsp3) is 0.100. The summed E-state index contributed by atoms with van der Waals surface area (Å²) < 4.78 is 13.4. The highest BCUT2D eigenvalue weighted by Crippen LogP contribution is 2.18. The predicted molar refractivity (Wildman–Crippen MR) is 53.1 cm³/mol. The Kier molecular flexibility index (Phi) is 2.63. The van der Waals surface area contributed by atoms with Gasteiger partial charge in [0.25, 0.3) is 0 Å². The summed E-state index contributed by atoms with van der Waals surface area (Å²) in [6.45, 7) is 1.63. The lowest BCUT2D eigenvalue weighted by atomic mass is 10.1. The van der Waals surface area contributed by atoms with Gasteiger partial charge in [0.2, 0.25) is 5.82 Å². The molecule has 0 amide bonds.